The summed E-state index contributed by atoms with van der Waals surface area (Å²) in [6, 6.07) is 0. The van der Waals surface area contributed by atoms with Crippen LogP contribution in [0.25, 0.3) is 10.9 Å². The van der Waals surface area contributed by atoms with E-state index in [1.54, 1.807) is 6.20 Å². The van der Waals surface area contributed by atoms with Crippen molar-refractivity contribution in [2.24, 2.45) is 0 Å². The highest BCUT2D eigenvalue weighted by Gasteiger charge is 2.21. The third-order valence-electron chi connectivity index (χ3n) is 3.85. The minimum absolute atomic E-state index is 0.326. The van der Waals surface area contributed by atoms with Gasteiger partial charge in [-0.2, -0.15) is 0 Å². The van der Waals surface area contributed by atoms with E-state index in [0.29, 0.717) is 12.3 Å². The number of pyridine rings is 1. The third kappa shape index (κ3) is 1.91. The van der Waals surface area contributed by atoms with Gasteiger partial charge in [-0.15, -0.1) is 0 Å². The van der Waals surface area contributed by atoms with Gasteiger partial charge in [-0.1, -0.05) is 0 Å². The molecular weight excluding hydrogens is 240 g/mol. The number of fused-ring (bicyclic) bond motifs is 3. The molecular formula is C15H18N2O2. The SMILES string of the molecule is CCOC(=O)c1ncc2[nH]c3c(c2c1C)CCCC3. The maximum atomic E-state index is 11.9. The van der Waals surface area contributed by atoms with Crippen LogP contribution in [0.2, 0.25) is 0 Å². The van der Waals surface area contributed by atoms with Crippen LogP contribution in [0.1, 0.15) is 47.1 Å². The number of esters is 1. The molecule has 0 spiro atoms. The Kier molecular flexibility index (Phi) is 3.01. The fourth-order valence-corrected chi connectivity index (χ4v) is 2.98. The summed E-state index contributed by atoms with van der Waals surface area (Å²) in [7, 11) is 0. The van der Waals surface area contributed by atoms with Crippen molar-refractivity contribution in [1.29, 1.82) is 0 Å². The zero-order chi connectivity index (χ0) is 13.4. The molecule has 0 atom stereocenters. The zero-order valence-electron chi connectivity index (χ0n) is 11.4. The summed E-state index contributed by atoms with van der Waals surface area (Å²) in [4.78, 5) is 19.6. The van der Waals surface area contributed by atoms with Crippen molar-refractivity contribution in [1.82, 2.24) is 9.97 Å². The Balaban J connectivity index is 2.18. The minimum atomic E-state index is -0.326. The van der Waals surface area contributed by atoms with Gasteiger partial charge in [-0.25, -0.2) is 9.78 Å². The van der Waals surface area contributed by atoms with Crippen molar-refractivity contribution in [3.63, 3.8) is 0 Å². The summed E-state index contributed by atoms with van der Waals surface area (Å²) in [6.07, 6.45) is 6.39. The van der Waals surface area contributed by atoms with Gasteiger partial charge in [0.1, 0.15) is 0 Å². The Morgan fingerprint density at radius 2 is 2.21 bits per heavy atom. The van der Waals surface area contributed by atoms with Gasteiger partial charge in [-0.05, 0) is 50.7 Å². The molecule has 0 radical (unpaired) electrons. The molecule has 4 heteroatoms. The van der Waals surface area contributed by atoms with Gasteiger partial charge in [0.2, 0.25) is 0 Å². The molecule has 0 saturated heterocycles. The van der Waals surface area contributed by atoms with Gasteiger partial charge in [0.05, 0.1) is 18.3 Å². The Bertz CT molecular complexity index is 643. The van der Waals surface area contributed by atoms with Gasteiger partial charge in [0, 0.05) is 11.1 Å². The molecule has 0 saturated carbocycles. The van der Waals surface area contributed by atoms with Crippen molar-refractivity contribution in [3.8, 4) is 0 Å². The largest absolute Gasteiger partial charge is 0.461 e. The number of hydrogen-bond donors (Lipinski definition) is 1. The summed E-state index contributed by atoms with van der Waals surface area (Å²) < 4.78 is 5.07. The first-order valence-electron chi connectivity index (χ1n) is 6.88. The molecule has 1 aliphatic carbocycles. The van der Waals surface area contributed by atoms with Gasteiger partial charge in [-0.3, -0.25) is 0 Å². The number of H-pyrrole nitrogens is 1. The molecule has 2 aromatic rings. The maximum Gasteiger partial charge on any atom is 0.357 e. The van der Waals surface area contributed by atoms with Crippen molar-refractivity contribution < 1.29 is 9.53 Å². The number of ether oxygens (including phenoxy) is 1. The van der Waals surface area contributed by atoms with Crippen molar-refractivity contribution in [2.45, 2.75) is 39.5 Å². The summed E-state index contributed by atoms with van der Waals surface area (Å²) in [6.45, 7) is 4.15. The molecule has 1 N–H and O–H groups in total. The van der Waals surface area contributed by atoms with E-state index >= 15 is 0 Å². The van der Waals surface area contributed by atoms with Gasteiger partial charge < -0.3 is 9.72 Å². The fraction of sp³-hybridized carbons (Fsp3) is 0.467. The summed E-state index contributed by atoms with van der Waals surface area (Å²) in [5, 5.41) is 1.17. The van der Waals surface area contributed by atoms with Crippen LogP contribution in [-0.4, -0.2) is 22.5 Å². The van der Waals surface area contributed by atoms with Crippen molar-refractivity contribution in [3.05, 3.63) is 28.7 Å². The second-order valence-corrected chi connectivity index (χ2v) is 5.03. The average Bonchev–Trinajstić information content (AvgIpc) is 2.78. The lowest BCUT2D eigenvalue weighted by atomic mass is 9.94. The van der Waals surface area contributed by atoms with E-state index in [-0.39, 0.29) is 5.97 Å². The molecule has 3 rings (SSSR count). The van der Waals surface area contributed by atoms with Crippen LogP contribution < -0.4 is 0 Å². The Morgan fingerprint density at radius 3 is 3.00 bits per heavy atom. The van der Waals surface area contributed by atoms with Gasteiger partial charge in [0.15, 0.2) is 5.69 Å². The van der Waals surface area contributed by atoms with Crippen molar-refractivity contribution >= 4 is 16.9 Å². The molecule has 2 aromatic heterocycles. The van der Waals surface area contributed by atoms with Gasteiger partial charge >= 0.3 is 5.97 Å². The number of carbonyl (C=O) groups is 1. The Hall–Kier alpha value is -1.84. The molecule has 2 heterocycles. The summed E-state index contributed by atoms with van der Waals surface area (Å²) in [5.74, 6) is -0.326. The second kappa shape index (κ2) is 4.68. The molecule has 0 aromatic carbocycles. The van der Waals surface area contributed by atoms with Crippen LogP contribution in [0.3, 0.4) is 0 Å². The number of carbonyl (C=O) groups excluding carboxylic acids is 1. The van der Waals surface area contributed by atoms with Crippen LogP contribution in [-0.2, 0) is 17.6 Å². The van der Waals surface area contributed by atoms with Crippen LogP contribution in [0.4, 0.5) is 0 Å². The predicted molar refractivity (Wildman–Crippen MR) is 73.4 cm³/mol. The van der Waals surface area contributed by atoms with E-state index in [0.717, 1.165) is 23.9 Å². The molecule has 0 aliphatic heterocycles. The van der Waals surface area contributed by atoms with E-state index in [1.807, 2.05) is 13.8 Å². The van der Waals surface area contributed by atoms with Crippen LogP contribution >= 0.6 is 0 Å². The highest BCUT2D eigenvalue weighted by molar-refractivity contribution is 5.97. The number of nitrogens with one attached hydrogen (secondary N) is 1. The maximum absolute atomic E-state index is 11.9. The van der Waals surface area contributed by atoms with E-state index in [2.05, 4.69) is 9.97 Å². The molecule has 1 aliphatic rings. The number of rotatable bonds is 2. The lowest BCUT2D eigenvalue weighted by Crippen LogP contribution is -2.09. The normalized spacial score (nSPS) is 14.4. The Labute approximate surface area is 112 Å². The number of aryl methyl sites for hydroxylation is 3. The first-order chi connectivity index (χ1) is 9.22. The van der Waals surface area contributed by atoms with E-state index in [1.165, 1.54) is 29.5 Å². The molecule has 0 bridgehead atoms. The van der Waals surface area contributed by atoms with Crippen molar-refractivity contribution in [2.75, 3.05) is 6.61 Å². The third-order valence-corrected chi connectivity index (χ3v) is 3.85. The quantitative estimate of drug-likeness (QED) is 0.843. The number of aromatic nitrogens is 2. The highest BCUT2D eigenvalue weighted by atomic mass is 16.5. The second-order valence-electron chi connectivity index (χ2n) is 5.03. The van der Waals surface area contributed by atoms with E-state index < -0.39 is 0 Å². The van der Waals surface area contributed by atoms with Crippen LogP contribution in [0.5, 0.6) is 0 Å². The molecule has 0 amide bonds. The van der Waals surface area contributed by atoms with Gasteiger partial charge in [0.25, 0.3) is 0 Å². The average molecular weight is 258 g/mol. The molecule has 19 heavy (non-hydrogen) atoms. The predicted octanol–water partition coefficient (Wildman–Crippen LogP) is 2.93. The molecule has 0 unspecified atom stereocenters. The van der Waals surface area contributed by atoms with E-state index in [9.17, 15) is 4.79 Å². The lowest BCUT2D eigenvalue weighted by molar-refractivity contribution is 0.0519. The molecule has 4 nitrogen and oxygen atoms in total. The monoisotopic (exact) mass is 258 g/mol. The first kappa shape index (κ1) is 12.2. The van der Waals surface area contributed by atoms with Crippen LogP contribution in [0.15, 0.2) is 6.20 Å². The first-order valence-corrected chi connectivity index (χ1v) is 6.88. The number of aromatic amines is 1. The standard InChI is InChI=1S/C15H18N2O2/c1-3-19-15(18)14-9(2)13-10-6-4-5-7-11(10)17-12(13)8-16-14/h8,17H,3-7H2,1-2H3. The smallest absolute Gasteiger partial charge is 0.357 e. The minimum Gasteiger partial charge on any atom is -0.461 e. The number of nitrogens with zero attached hydrogens (tertiary/aromatic N) is 1. The fourth-order valence-electron chi connectivity index (χ4n) is 2.98. The summed E-state index contributed by atoms with van der Waals surface area (Å²) >= 11 is 0. The van der Waals surface area contributed by atoms with Crippen LogP contribution in [0, 0.1) is 6.92 Å². The highest BCUT2D eigenvalue weighted by Crippen LogP contribution is 2.31. The summed E-state index contributed by atoms with van der Waals surface area (Å²) in [5.41, 5.74) is 5.10. The number of hydrogen-bond acceptors (Lipinski definition) is 3. The lowest BCUT2D eigenvalue weighted by Gasteiger charge is -2.12. The molecule has 0 fully saturated rings. The van der Waals surface area contributed by atoms with E-state index in [4.69, 9.17) is 4.74 Å². The topological polar surface area (TPSA) is 55.0 Å². The molecule has 100 valence electrons. The zero-order valence-corrected chi connectivity index (χ0v) is 11.4. The Morgan fingerprint density at radius 1 is 1.42 bits per heavy atom.